The minimum absolute atomic E-state index is 0. The van der Waals surface area contributed by atoms with Crippen LogP contribution in [0.2, 0.25) is 0 Å². The normalized spacial score (nSPS) is 16.3. The lowest BCUT2D eigenvalue weighted by atomic mass is 9.78. The van der Waals surface area contributed by atoms with Crippen molar-refractivity contribution in [1.82, 2.24) is 10.2 Å². The van der Waals surface area contributed by atoms with Gasteiger partial charge >= 0.3 is 17.9 Å². The third kappa shape index (κ3) is 5.36. The molecule has 2 heterocycles. The SMILES string of the molecule is COC(=O)C1=C(C)NC(C)=C(C(=O)OCCN(C)C)C1c1cc(OC)c2c(c1C(=O)OC)OCO2.Cl. The van der Waals surface area contributed by atoms with Crippen molar-refractivity contribution in [3.8, 4) is 17.2 Å². The molecule has 0 bridgehead atoms. The van der Waals surface area contributed by atoms with Gasteiger partial charge in [-0.2, -0.15) is 0 Å². The van der Waals surface area contributed by atoms with Crippen molar-refractivity contribution in [3.63, 3.8) is 0 Å². The molecule has 0 amide bonds. The first kappa shape index (κ1) is 28.8. The van der Waals surface area contributed by atoms with Crippen molar-refractivity contribution in [2.24, 2.45) is 0 Å². The fourth-order valence-electron chi connectivity index (χ4n) is 4.10. The minimum Gasteiger partial charge on any atom is -0.493 e. The van der Waals surface area contributed by atoms with Crippen LogP contribution in [0.15, 0.2) is 28.6 Å². The number of fused-ring (bicyclic) bond motifs is 1. The first-order chi connectivity index (χ1) is 16.7. The lowest BCUT2D eigenvalue weighted by molar-refractivity contribution is -0.139. The topological polar surface area (TPSA) is 122 Å². The molecule has 0 fully saturated rings. The Kier molecular flexibility index (Phi) is 9.60. The van der Waals surface area contributed by atoms with Crippen molar-refractivity contribution < 1.29 is 42.8 Å². The van der Waals surface area contributed by atoms with Gasteiger partial charge in [-0.25, -0.2) is 14.4 Å². The first-order valence-corrected chi connectivity index (χ1v) is 10.8. The van der Waals surface area contributed by atoms with Gasteiger partial charge in [0.15, 0.2) is 11.5 Å². The molecule has 36 heavy (non-hydrogen) atoms. The Hall–Kier alpha value is -3.44. The highest BCUT2D eigenvalue weighted by Gasteiger charge is 2.42. The summed E-state index contributed by atoms with van der Waals surface area (Å²) in [4.78, 5) is 41.2. The summed E-state index contributed by atoms with van der Waals surface area (Å²) in [5.41, 5.74) is 1.44. The van der Waals surface area contributed by atoms with Gasteiger partial charge in [0.05, 0.1) is 38.4 Å². The zero-order chi connectivity index (χ0) is 25.9. The summed E-state index contributed by atoms with van der Waals surface area (Å²) < 4.78 is 32.2. The molecule has 1 aromatic rings. The van der Waals surface area contributed by atoms with E-state index in [1.165, 1.54) is 27.4 Å². The summed E-state index contributed by atoms with van der Waals surface area (Å²) >= 11 is 0. The summed E-state index contributed by atoms with van der Waals surface area (Å²) in [5, 5.41) is 3.06. The monoisotopic (exact) mass is 526 g/mol. The molecule has 0 saturated heterocycles. The van der Waals surface area contributed by atoms with E-state index in [-0.39, 0.29) is 65.3 Å². The second kappa shape index (κ2) is 12.0. The van der Waals surface area contributed by atoms with Gasteiger partial charge in [0.1, 0.15) is 12.2 Å². The molecule has 0 saturated carbocycles. The highest BCUT2D eigenvalue weighted by molar-refractivity contribution is 6.03. The van der Waals surface area contributed by atoms with Crippen LogP contribution in [0.1, 0.15) is 35.7 Å². The number of carbonyl (C=O) groups is 3. The van der Waals surface area contributed by atoms with E-state index in [9.17, 15) is 14.4 Å². The smallest absolute Gasteiger partial charge is 0.342 e. The largest absolute Gasteiger partial charge is 0.493 e. The number of carbonyl (C=O) groups excluding carboxylic acids is 3. The number of ether oxygens (including phenoxy) is 6. The fourth-order valence-corrected chi connectivity index (χ4v) is 4.10. The van der Waals surface area contributed by atoms with Crippen LogP contribution in [0, 0.1) is 0 Å². The summed E-state index contributed by atoms with van der Waals surface area (Å²) in [7, 11) is 7.60. The molecule has 12 heteroatoms. The molecule has 3 rings (SSSR count). The zero-order valence-corrected chi connectivity index (χ0v) is 22.1. The average Bonchev–Trinajstić information content (AvgIpc) is 3.31. The lowest BCUT2D eigenvalue weighted by Crippen LogP contribution is -2.33. The Morgan fingerprint density at radius 1 is 0.972 bits per heavy atom. The molecule has 11 nitrogen and oxygen atoms in total. The van der Waals surface area contributed by atoms with Crippen molar-refractivity contribution in [3.05, 3.63) is 39.7 Å². The Balaban J connectivity index is 0.00000456. The zero-order valence-electron chi connectivity index (χ0n) is 21.3. The van der Waals surface area contributed by atoms with Crippen LogP contribution in [0.25, 0.3) is 0 Å². The number of likely N-dealkylation sites (N-methyl/N-ethyl adjacent to an activating group) is 1. The van der Waals surface area contributed by atoms with Crippen LogP contribution in [0.3, 0.4) is 0 Å². The maximum atomic E-state index is 13.4. The van der Waals surface area contributed by atoms with E-state index in [2.05, 4.69) is 5.32 Å². The standard InChI is InChI=1S/C24H30N2O9.ClH/c1-12-16(22(27)31-6)18(17(13(2)25-12)24(29)33-9-8-26(3)4)14-10-15(30-5)20-21(35-11-34-20)19(14)23(28)32-7;/h10,18,25H,8-9,11H2,1-7H3;1H. The summed E-state index contributed by atoms with van der Waals surface area (Å²) in [6.07, 6.45) is 0. The summed E-state index contributed by atoms with van der Waals surface area (Å²) in [5.74, 6) is -2.53. The second-order valence-electron chi connectivity index (χ2n) is 8.17. The molecule has 1 aromatic carbocycles. The van der Waals surface area contributed by atoms with Gasteiger partial charge < -0.3 is 38.6 Å². The van der Waals surface area contributed by atoms with Gasteiger partial charge in [0.25, 0.3) is 0 Å². The number of esters is 3. The molecule has 1 N–H and O–H groups in total. The maximum absolute atomic E-state index is 13.4. The van der Waals surface area contributed by atoms with Crippen LogP contribution < -0.4 is 19.5 Å². The van der Waals surface area contributed by atoms with Crippen molar-refractivity contribution >= 4 is 30.3 Å². The molecular formula is C24H31ClN2O9. The number of dihydropyridines is 1. The Labute approximate surface area is 215 Å². The van der Waals surface area contributed by atoms with Crippen LogP contribution in [-0.4, -0.2) is 78.2 Å². The van der Waals surface area contributed by atoms with E-state index < -0.39 is 23.8 Å². The molecule has 0 aromatic heterocycles. The van der Waals surface area contributed by atoms with E-state index in [0.29, 0.717) is 17.9 Å². The molecule has 0 aliphatic carbocycles. The quantitative estimate of drug-likeness (QED) is 0.396. The summed E-state index contributed by atoms with van der Waals surface area (Å²) in [6, 6.07) is 1.53. The highest BCUT2D eigenvalue weighted by atomic mass is 35.5. The molecule has 1 unspecified atom stereocenters. The maximum Gasteiger partial charge on any atom is 0.342 e. The van der Waals surface area contributed by atoms with Crippen molar-refractivity contribution in [1.29, 1.82) is 0 Å². The van der Waals surface area contributed by atoms with Gasteiger partial charge in [-0.1, -0.05) is 0 Å². The van der Waals surface area contributed by atoms with Gasteiger partial charge in [-0.05, 0) is 39.6 Å². The average molecular weight is 527 g/mol. The number of rotatable bonds is 8. The predicted molar refractivity (Wildman–Crippen MR) is 131 cm³/mol. The number of hydrogen-bond acceptors (Lipinski definition) is 11. The highest BCUT2D eigenvalue weighted by Crippen LogP contribution is 2.50. The fraction of sp³-hybridized carbons (Fsp3) is 0.458. The first-order valence-electron chi connectivity index (χ1n) is 10.8. The molecular weight excluding hydrogens is 496 g/mol. The van der Waals surface area contributed by atoms with Gasteiger partial charge in [0, 0.05) is 17.9 Å². The van der Waals surface area contributed by atoms with E-state index in [1.54, 1.807) is 13.8 Å². The van der Waals surface area contributed by atoms with Crippen LogP contribution >= 0.6 is 12.4 Å². The molecule has 0 spiro atoms. The number of nitrogens with one attached hydrogen (secondary N) is 1. The number of methoxy groups -OCH3 is 3. The molecule has 0 radical (unpaired) electrons. The van der Waals surface area contributed by atoms with E-state index in [0.717, 1.165) is 0 Å². The van der Waals surface area contributed by atoms with E-state index >= 15 is 0 Å². The molecule has 2 aliphatic heterocycles. The number of benzene rings is 1. The van der Waals surface area contributed by atoms with E-state index in [1.807, 2.05) is 19.0 Å². The van der Waals surface area contributed by atoms with Gasteiger partial charge in [-0.3, -0.25) is 0 Å². The van der Waals surface area contributed by atoms with Crippen LogP contribution in [-0.2, 0) is 23.8 Å². The van der Waals surface area contributed by atoms with Crippen molar-refractivity contribution in [2.75, 3.05) is 55.4 Å². The van der Waals surface area contributed by atoms with Crippen LogP contribution in [0.4, 0.5) is 0 Å². The van der Waals surface area contributed by atoms with Gasteiger partial charge in [0.2, 0.25) is 12.5 Å². The third-order valence-electron chi connectivity index (χ3n) is 5.72. The number of hydrogen-bond donors (Lipinski definition) is 1. The number of halogens is 1. The summed E-state index contributed by atoms with van der Waals surface area (Å²) in [6.45, 7) is 3.85. The van der Waals surface area contributed by atoms with Gasteiger partial charge in [-0.15, -0.1) is 12.4 Å². The number of nitrogens with zero attached hydrogens (tertiary/aromatic N) is 1. The second-order valence-corrected chi connectivity index (χ2v) is 8.17. The predicted octanol–water partition coefficient (Wildman–Crippen LogP) is 2.14. The Bertz CT molecular complexity index is 1110. The molecule has 198 valence electrons. The number of allylic oxidation sites excluding steroid dienone is 2. The molecule has 2 aliphatic rings. The lowest BCUT2D eigenvalue weighted by Gasteiger charge is -2.31. The molecule has 1 atom stereocenters. The van der Waals surface area contributed by atoms with E-state index in [4.69, 9.17) is 28.4 Å². The van der Waals surface area contributed by atoms with Crippen LogP contribution in [0.5, 0.6) is 17.2 Å². The van der Waals surface area contributed by atoms with Crippen molar-refractivity contribution in [2.45, 2.75) is 19.8 Å². The third-order valence-corrected chi connectivity index (χ3v) is 5.72. The Morgan fingerprint density at radius 2 is 1.56 bits per heavy atom. The minimum atomic E-state index is -1.05. The Morgan fingerprint density at radius 3 is 2.11 bits per heavy atom.